The molecule has 0 fully saturated rings. The Morgan fingerprint density at radius 2 is 0.737 bits per heavy atom. The molecule has 16 heteroatoms. The summed E-state index contributed by atoms with van der Waals surface area (Å²) in [5.41, 5.74) is -1.14. The summed E-state index contributed by atoms with van der Waals surface area (Å²) in [7, 11) is 0. The molecule has 210 valence electrons. The minimum atomic E-state index is -7.86. The number of hydrogen-bond acceptors (Lipinski definition) is 4. The lowest BCUT2D eigenvalue weighted by Gasteiger charge is -2.41. The summed E-state index contributed by atoms with van der Waals surface area (Å²) in [5.74, 6) is -47.2. The van der Waals surface area contributed by atoms with Gasteiger partial charge in [-0.2, -0.15) is 52.7 Å². The molecule has 0 aliphatic carbocycles. The lowest BCUT2D eigenvalue weighted by molar-refractivity contribution is -0.427. The molecule has 0 unspecified atom stereocenters. The average molecular weight is 570 g/mol. The molecule has 0 spiro atoms. The fraction of sp³-hybridized carbons (Fsp3) is 0.364. The van der Waals surface area contributed by atoms with Crippen LogP contribution in [0.1, 0.15) is 20.7 Å². The third kappa shape index (κ3) is 5.38. The normalized spacial score (nSPS) is 13.7. The third-order valence-corrected chi connectivity index (χ3v) is 4.89. The molecule has 2 aromatic carbocycles. The van der Waals surface area contributed by atoms with Crippen LogP contribution in [0.5, 0.6) is 0 Å². The van der Waals surface area contributed by atoms with Crippen LogP contribution in [0.25, 0.3) is 0 Å². The van der Waals surface area contributed by atoms with Gasteiger partial charge in [-0.05, 0) is 24.3 Å². The van der Waals surface area contributed by atoms with Gasteiger partial charge in [0.2, 0.25) is 0 Å². The molecule has 0 saturated heterocycles. The number of rotatable bonds is 11. The predicted molar refractivity (Wildman–Crippen MR) is 103 cm³/mol. The number of hydrogen-bond donors (Lipinski definition) is 0. The van der Waals surface area contributed by atoms with E-state index in [1.54, 1.807) is 0 Å². The Hall–Kier alpha value is -3.46. The highest BCUT2D eigenvalue weighted by Crippen LogP contribution is 2.60. The molecular weight excluding hydrogens is 556 g/mol. The van der Waals surface area contributed by atoms with Gasteiger partial charge in [0.05, 0.1) is 11.1 Å². The van der Waals surface area contributed by atoms with E-state index in [9.17, 15) is 62.3 Å². The van der Waals surface area contributed by atoms with E-state index >= 15 is 0 Å². The maximum absolute atomic E-state index is 14.0. The monoisotopic (exact) mass is 570 g/mol. The van der Waals surface area contributed by atoms with Crippen LogP contribution in [0.4, 0.5) is 52.7 Å². The summed E-state index contributed by atoms with van der Waals surface area (Å²) >= 11 is 0. The zero-order valence-electron chi connectivity index (χ0n) is 18.4. The Balaban J connectivity index is 2.27. The molecule has 0 aliphatic heterocycles. The second-order valence-corrected chi connectivity index (χ2v) is 7.59. The quantitative estimate of drug-likeness (QED) is 0.228. The fourth-order valence-corrected chi connectivity index (χ4v) is 2.66. The van der Waals surface area contributed by atoms with Crippen LogP contribution in [0.2, 0.25) is 0 Å². The number of esters is 2. The number of ether oxygens (including phenoxy) is 2. The van der Waals surface area contributed by atoms with E-state index in [-0.39, 0.29) is 0 Å². The minimum Gasteiger partial charge on any atom is -0.455 e. The van der Waals surface area contributed by atoms with E-state index in [0.717, 1.165) is 48.5 Å². The number of carbonyl (C=O) groups excluding carboxylic acids is 2. The highest BCUT2D eigenvalue weighted by atomic mass is 19.4. The molecule has 2 rings (SSSR count). The highest BCUT2D eigenvalue weighted by molar-refractivity contribution is 5.89. The van der Waals surface area contributed by atoms with Crippen LogP contribution in [0, 0.1) is 0 Å². The van der Waals surface area contributed by atoms with Crippen LogP contribution in [0.15, 0.2) is 60.7 Å². The zero-order chi connectivity index (χ0) is 29.2. The first-order valence-corrected chi connectivity index (χ1v) is 9.94. The smallest absolute Gasteiger partial charge is 0.384 e. The van der Waals surface area contributed by atoms with E-state index in [2.05, 4.69) is 9.47 Å². The van der Waals surface area contributed by atoms with Crippen LogP contribution in [-0.2, 0) is 9.47 Å². The number of benzene rings is 2. The fourth-order valence-electron chi connectivity index (χ4n) is 2.66. The van der Waals surface area contributed by atoms with Crippen molar-refractivity contribution in [2.45, 2.75) is 35.5 Å². The topological polar surface area (TPSA) is 52.6 Å². The van der Waals surface area contributed by atoms with E-state index in [1.165, 1.54) is 12.1 Å². The van der Waals surface area contributed by atoms with Crippen molar-refractivity contribution in [3.8, 4) is 0 Å². The molecule has 0 saturated carbocycles. The maximum atomic E-state index is 14.0. The summed E-state index contributed by atoms with van der Waals surface area (Å²) in [6.45, 7) is -6.04. The van der Waals surface area contributed by atoms with Crippen molar-refractivity contribution in [1.82, 2.24) is 0 Å². The molecular formula is C22H14F12O4. The van der Waals surface area contributed by atoms with E-state index < -0.39 is 71.8 Å². The van der Waals surface area contributed by atoms with Crippen molar-refractivity contribution in [3.05, 3.63) is 71.8 Å². The molecule has 0 heterocycles. The van der Waals surface area contributed by atoms with Crippen molar-refractivity contribution in [1.29, 1.82) is 0 Å². The summed E-state index contributed by atoms with van der Waals surface area (Å²) < 4.78 is 175. The molecule has 2 aromatic rings. The van der Waals surface area contributed by atoms with Gasteiger partial charge in [-0.3, -0.25) is 0 Å². The van der Waals surface area contributed by atoms with Gasteiger partial charge in [0, 0.05) is 0 Å². The van der Waals surface area contributed by atoms with Gasteiger partial charge < -0.3 is 9.47 Å². The Bertz CT molecular complexity index is 1030. The lowest BCUT2D eigenvalue weighted by atomic mass is 9.91. The number of alkyl halides is 12. The van der Waals surface area contributed by atoms with Gasteiger partial charge >= 0.3 is 47.5 Å². The van der Waals surface area contributed by atoms with Crippen LogP contribution in [-0.4, -0.2) is 60.7 Å². The van der Waals surface area contributed by atoms with E-state index in [0.29, 0.717) is 0 Å². The molecule has 0 aromatic heterocycles. The first-order valence-electron chi connectivity index (χ1n) is 9.94. The summed E-state index contributed by atoms with van der Waals surface area (Å²) in [6, 6.07) is 10.7. The van der Waals surface area contributed by atoms with Crippen LogP contribution in [0.3, 0.4) is 0 Å². The van der Waals surface area contributed by atoms with Crippen molar-refractivity contribution in [2.24, 2.45) is 0 Å². The number of carbonyl (C=O) groups is 2. The van der Waals surface area contributed by atoms with Gasteiger partial charge in [-0.25, -0.2) is 9.59 Å². The second kappa shape index (κ2) is 10.4. The van der Waals surface area contributed by atoms with Gasteiger partial charge in [-0.1, -0.05) is 36.4 Å². The highest BCUT2D eigenvalue weighted by Gasteiger charge is 2.90. The third-order valence-electron chi connectivity index (χ3n) is 4.89. The molecule has 0 amide bonds. The van der Waals surface area contributed by atoms with Crippen molar-refractivity contribution < 1.29 is 71.7 Å². The van der Waals surface area contributed by atoms with Gasteiger partial charge in [0.1, 0.15) is 0 Å². The largest absolute Gasteiger partial charge is 0.455 e. The molecule has 0 aliphatic rings. The van der Waals surface area contributed by atoms with Crippen molar-refractivity contribution in [2.75, 3.05) is 13.2 Å². The summed E-state index contributed by atoms with van der Waals surface area (Å²) in [5, 5.41) is 0. The minimum absolute atomic E-state index is 0.570. The summed E-state index contributed by atoms with van der Waals surface area (Å²) in [4.78, 5) is 23.2. The molecule has 38 heavy (non-hydrogen) atoms. The average Bonchev–Trinajstić information content (AvgIpc) is 2.86. The standard InChI is InChI=1S/C22H14F12O4/c23-17(24,11-37-15(35)13-7-3-1-4-8-13)19(27,28)21(31,32)22(33,34)20(29,30)18(25,26)12-38-16(36)14-9-5-2-6-10-14/h1-10H,11-12H2. The number of halogens is 12. The Morgan fingerprint density at radius 3 is 1.00 bits per heavy atom. The Labute approximate surface area is 205 Å². The first kappa shape index (κ1) is 30.8. The predicted octanol–water partition coefficient (Wildman–Crippen LogP) is 6.51. The molecule has 0 radical (unpaired) electrons. The molecule has 4 nitrogen and oxygen atoms in total. The second-order valence-electron chi connectivity index (χ2n) is 7.59. The molecule has 0 N–H and O–H groups in total. The molecule has 0 atom stereocenters. The molecule has 0 bridgehead atoms. The lowest BCUT2D eigenvalue weighted by Crippen LogP contribution is -2.71. The van der Waals surface area contributed by atoms with Crippen LogP contribution >= 0.6 is 0 Å². The van der Waals surface area contributed by atoms with Gasteiger partial charge in [0.15, 0.2) is 13.2 Å². The van der Waals surface area contributed by atoms with E-state index in [4.69, 9.17) is 0 Å². The van der Waals surface area contributed by atoms with Crippen molar-refractivity contribution >= 4 is 11.9 Å². The van der Waals surface area contributed by atoms with E-state index in [1.807, 2.05) is 0 Å². The first-order chi connectivity index (χ1) is 17.2. The SMILES string of the molecule is O=C(OCC(F)(F)C(F)(F)C(F)(F)C(F)(F)C(F)(F)C(F)(F)COC(=O)c1ccccc1)c1ccccc1. The zero-order valence-corrected chi connectivity index (χ0v) is 18.4. The van der Waals surface area contributed by atoms with Gasteiger partial charge in [-0.15, -0.1) is 0 Å². The Kier molecular flexibility index (Phi) is 8.39. The Morgan fingerprint density at radius 1 is 0.474 bits per heavy atom. The van der Waals surface area contributed by atoms with Crippen LogP contribution < -0.4 is 0 Å². The van der Waals surface area contributed by atoms with Crippen molar-refractivity contribution in [3.63, 3.8) is 0 Å². The maximum Gasteiger partial charge on any atom is 0.384 e. The summed E-state index contributed by atoms with van der Waals surface area (Å²) in [6.07, 6.45) is 0. The van der Waals surface area contributed by atoms with Gasteiger partial charge in [0.25, 0.3) is 0 Å².